The number of nitrogens with zero attached hydrogens (tertiary/aromatic N) is 2. The molecule has 0 fully saturated rings. The summed E-state index contributed by atoms with van der Waals surface area (Å²) in [6.07, 6.45) is 1.23. The molecule has 5 heteroatoms. The molecule has 0 aliphatic rings. The van der Waals surface area contributed by atoms with Crippen LogP contribution < -0.4 is 0 Å². The summed E-state index contributed by atoms with van der Waals surface area (Å²) in [5, 5.41) is 13.4. The molecular formula is C16H11FN2O2. The van der Waals surface area contributed by atoms with Gasteiger partial charge in [0.05, 0.1) is 11.9 Å². The number of hydrogen-bond acceptors (Lipinski definition) is 2. The summed E-state index contributed by atoms with van der Waals surface area (Å²) < 4.78 is 15.3. The van der Waals surface area contributed by atoms with Gasteiger partial charge in [-0.15, -0.1) is 0 Å². The number of carboxylic acid groups (broad SMARTS) is 1. The minimum absolute atomic E-state index is 0.0319. The smallest absolute Gasteiger partial charge is 0.339 e. The lowest BCUT2D eigenvalue weighted by atomic mass is 10.1. The molecule has 1 N–H and O–H groups in total. The van der Waals surface area contributed by atoms with E-state index in [0.29, 0.717) is 11.3 Å². The molecule has 1 heterocycles. The fraction of sp³-hybridized carbons (Fsp3) is 0. The molecule has 2 aromatic carbocycles. The number of benzene rings is 2. The topological polar surface area (TPSA) is 55.1 Å². The molecule has 0 aliphatic carbocycles. The predicted molar refractivity (Wildman–Crippen MR) is 75.9 cm³/mol. The van der Waals surface area contributed by atoms with Gasteiger partial charge in [0.1, 0.15) is 17.1 Å². The summed E-state index contributed by atoms with van der Waals surface area (Å²) in [7, 11) is 0. The normalized spacial score (nSPS) is 10.5. The monoisotopic (exact) mass is 282 g/mol. The van der Waals surface area contributed by atoms with Crippen LogP contribution in [0.3, 0.4) is 0 Å². The van der Waals surface area contributed by atoms with Crippen LogP contribution in [0.15, 0.2) is 60.8 Å². The van der Waals surface area contributed by atoms with Gasteiger partial charge in [0.2, 0.25) is 0 Å². The van der Waals surface area contributed by atoms with E-state index in [0.717, 1.165) is 0 Å². The maximum absolute atomic E-state index is 14.0. The van der Waals surface area contributed by atoms with E-state index >= 15 is 0 Å². The lowest BCUT2D eigenvalue weighted by Gasteiger charge is -2.09. The Hall–Kier alpha value is -2.95. The van der Waals surface area contributed by atoms with Gasteiger partial charge in [0, 0.05) is 5.56 Å². The number of hydrogen-bond donors (Lipinski definition) is 1. The van der Waals surface area contributed by atoms with Crippen LogP contribution >= 0.6 is 0 Å². The summed E-state index contributed by atoms with van der Waals surface area (Å²) in [6, 6.07) is 15.1. The Bertz CT molecular complexity index is 797. The van der Waals surface area contributed by atoms with Gasteiger partial charge in [-0.05, 0) is 12.1 Å². The third-order valence-electron chi connectivity index (χ3n) is 3.13. The zero-order valence-electron chi connectivity index (χ0n) is 10.9. The minimum Gasteiger partial charge on any atom is -0.478 e. The highest BCUT2D eigenvalue weighted by molar-refractivity contribution is 5.95. The van der Waals surface area contributed by atoms with Gasteiger partial charge in [-0.1, -0.05) is 42.5 Å². The van der Waals surface area contributed by atoms with Crippen molar-refractivity contribution in [3.8, 4) is 16.9 Å². The fourth-order valence-electron chi connectivity index (χ4n) is 2.18. The Morgan fingerprint density at radius 3 is 2.38 bits per heavy atom. The number of rotatable bonds is 3. The first-order chi connectivity index (χ1) is 10.2. The van der Waals surface area contributed by atoms with E-state index in [9.17, 15) is 14.3 Å². The minimum atomic E-state index is -1.10. The van der Waals surface area contributed by atoms with Crippen LogP contribution in [0, 0.1) is 5.82 Å². The second-order valence-corrected chi connectivity index (χ2v) is 4.44. The van der Waals surface area contributed by atoms with Crippen LogP contribution in [-0.2, 0) is 0 Å². The molecule has 21 heavy (non-hydrogen) atoms. The van der Waals surface area contributed by atoms with Crippen LogP contribution in [0.1, 0.15) is 10.4 Å². The third-order valence-corrected chi connectivity index (χ3v) is 3.13. The maximum Gasteiger partial charge on any atom is 0.339 e. The van der Waals surface area contributed by atoms with Crippen molar-refractivity contribution in [3.63, 3.8) is 0 Å². The van der Waals surface area contributed by atoms with Gasteiger partial charge in [0.25, 0.3) is 0 Å². The Morgan fingerprint density at radius 1 is 1.05 bits per heavy atom. The molecule has 0 amide bonds. The average molecular weight is 282 g/mol. The van der Waals surface area contributed by atoms with E-state index < -0.39 is 11.8 Å². The number of para-hydroxylation sites is 1. The van der Waals surface area contributed by atoms with Crippen molar-refractivity contribution in [1.82, 2.24) is 9.78 Å². The number of aromatic nitrogens is 2. The van der Waals surface area contributed by atoms with Crippen LogP contribution in [0.25, 0.3) is 16.9 Å². The zero-order chi connectivity index (χ0) is 14.8. The van der Waals surface area contributed by atoms with E-state index in [2.05, 4.69) is 5.10 Å². The molecule has 0 saturated heterocycles. The molecule has 0 unspecified atom stereocenters. The Kier molecular flexibility index (Phi) is 3.23. The van der Waals surface area contributed by atoms with Gasteiger partial charge in [0.15, 0.2) is 0 Å². The predicted octanol–water partition coefficient (Wildman–Crippen LogP) is 3.38. The molecule has 3 aromatic rings. The fourth-order valence-corrected chi connectivity index (χ4v) is 2.18. The molecule has 4 nitrogen and oxygen atoms in total. The number of carbonyl (C=O) groups is 1. The molecule has 0 radical (unpaired) electrons. The summed E-state index contributed by atoms with van der Waals surface area (Å²) >= 11 is 0. The molecule has 0 aliphatic heterocycles. The van der Waals surface area contributed by atoms with E-state index in [-0.39, 0.29) is 11.3 Å². The van der Waals surface area contributed by atoms with Crippen molar-refractivity contribution in [3.05, 3.63) is 72.2 Å². The number of halogens is 1. The number of carboxylic acids is 1. The highest BCUT2D eigenvalue weighted by atomic mass is 19.1. The zero-order valence-corrected chi connectivity index (χ0v) is 10.9. The second-order valence-electron chi connectivity index (χ2n) is 4.44. The van der Waals surface area contributed by atoms with Crippen LogP contribution in [-0.4, -0.2) is 20.9 Å². The quantitative estimate of drug-likeness (QED) is 0.801. The molecule has 0 atom stereocenters. The lowest BCUT2D eigenvalue weighted by Crippen LogP contribution is -2.04. The van der Waals surface area contributed by atoms with Crippen molar-refractivity contribution in [2.24, 2.45) is 0 Å². The molecule has 0 bridgehead atoms. The summed E-state index contributed by atoms with van der Waals surface area (Å²) in [4.78, 5) is 11.4. The largest absolute Gasteiger partial charge is 0.478 e. The summed E-state index contributed by atoms with van der Waals surface area (Å²) in [6.45, 7) is 0. The van der Waals surface area contributed by atoms with E-state index in [1.54, 1.807) is 42.5 Å². The van der Waals surface area contributed by atoms with Crippen molar-refractivity contribution in [2.45, 2.75) is 0 Å². The standard InChI is InChI=1S/C16H11FN2O2/c17-13-8-4-5-9-14(13)19-15(11-6-2-1-3-7-11)12(10-18-19)16(20)21/h1-10H,(H,20,21). The van der Waals surface area contributed by atoms with Crippen LogP contribution in [0.4, 0.5) is 4.39 Å². The Morgan fingerprint density at radius 2 is 1.71 bits per heavy atom. The number of aromatic carboxylic acids is 1. The molecule has 1 aromatic heterocycles. The van der Waals surface area contributed by atoms with E-state index in [1.807, 2.05) is 6.07 Å². The van der Waals surface area contributed by atoms with Crippen molar-refractivity contribution in [1.29, 1.82) is 0 Å². The summed E-state index contributed by atoms with van der Waals surface area (Å²) in [5.41, 5.74) is 1.26. The second kappa shape index (κ2) is 5.20. The summed E-state index contributed by atoms with van der Waals surface area (Å²) in [5.74, 6) is -1.56. The third kappa shape index (κ3) is 2.29. The van der Waals surface area contributed by atoms with Crippen LogP contribution in [0.2, 0.25) is 0 Å². The van der Waals surface area contributed by atoms with Gasteiger partial charge in [-0.25, -0.2) is 13.9 Å². The molecule has 104 valence electrons. The average Bonchev–Trinajstić information content (AvgIpc) is 2.93. The van der Waals surface area contributed by atoms with E-state index in [1.165, 1.54) is 16.9 Å². The molecule has 0 saturated carbocycles. The first-order valence-corrected chi connectivity index (χ1v) is 6.30. The van der Waals surface area contributed by atoms with Gasteiger partial charge >= 0.3 is 5.97 Å². The lowest BCUT2D eigenvalue weighted by molar-refractivity contribution is 0.0697. The van der Waals surface area contributed by atoms with E-state index in [4.69, 9.17) is 0 Å². The van der Waals surface area contributed by atoms with Crippen molar-refractivity contribution in [2.75, 3.05) is 0 Å². The highest BCUT2D eigenvalue weighted by Gasteiger charge is 2.20. The van der Waals surface area contributed by atoms with Gasteiger partial charge in [-0.3, -0.25) is 0 Å². The van der Waals surface area contributed by atoms with Gasteiger partial charge in [-0.2, -0.15) is 5.10 Å². The molecule has 3 rings (SSSR count). The Balaban J connectivity index is 2.28. The maximum atomic E-state index is 14.0. The first kappa shape index (κ1) is 13.1. The molecular weight excluding hydrogens is 271 g/mol. The van der Waals surface area contributed by atoms with Crippen molar-refractivity contribution < 1.29 is 14.3 Å². The molecule has 0 spiro atoms. The first-order valence-electron chi connectivity index (χ1n) is 6.30. The SMILES string of the molecule is O=C(O)c1cnn(-c2ccccc2F)c1-c1ccccc1. The van der Waals surface area contributed by atoms with Crippen molar-refractivity contribution >= 4 is 5.97 Å². The Labute approximate surface area is 120 Å². The highest BCUT2D eigenvalue weighted by Crippen LogP contribution is 2.27. The van der Waals surface area contributed by atoms with Gasteiger partial charge < -0.3 is 5.11 Å². The van der Waals surface area contributed by atoms with Crippen LogP contribution in [0.5, 0.6) is 0 Å².